The molecule has 2 aliphatic heterocycles. The lowest BCUT2D eigenvalue weighted by molar-refractivity contribution is -0.115. The first-order valence-corrected chi connectivity index (χ1v) is 10.6. The van der Waals surface area contributed by atoms with E-state index in [-0.39, 0.29) is 6.04 Å². The van der Waals surface area contributed by atoms with E-state index in [4.69, 9.17) is 9.47 Å². The van der Waals surface area contributed by atoms with Crippen molar-refractivity contribution in [1.82, 2.24) is 4.90 Å². The Morgan fingerprint density at radius 1 is 1.14 bits per heavy atom. The van der Waals surface area contributed by atoms with Crippen molar-refractivity contribution >= 4 is 12.0 Å². The van der Waals surface area contributed by atoms with Crippen molar-refractivity contribution in [2.75, 3.05) is 31.2 Å². The van der Waals surface area contributed by atoms with Crippen LogP contribution in [0.15, 0.2) is 54.6 Å². The standard InChI is InChI=1S/C24H30N2O3/c1-19-7-5-14-25(19)15-6-16-28-22-12-10-21(11-13-22)26-23(18-29-24(26)17-27)20-8-3-2-4-9-20/h2-4,8-13,17,19,23-24H,5-7,14-16,18H2,1H3. The fraction of sp³-hybridized carbons (Fsp3) is 0.458. The van der Waals surface area contributed by atoms with Crippen LogP contribution < -0.4 is 9.64 Å². The van der Waals surface area contributed by atoms with Crippen LogP contribution in [0.2, 0.25) is 0 Å². The quantitative estimate of drug-likeness (QED) is 0.499. The maximum Gasteiger partial charge on any atom is 0.187 e. The zero-order valence-corrected chi connectivity index (χ0v) is 17.1. The number of likely N-dealkylation sites (tertiary alicyclic amines) is 1. The number of hydrogen-bond donors (Lipinski definition) is 0. The molecule has 3 unspecified atom stereocenters. The molecule has 2 aromatic carbocycles. The fourth-order valence-corrected chi connectivity index (χ4v) is 4.39. The van der Waals surface area contributed by atoms with Gasteiger partial charge in [0.25, 0.3) is 0 Å². The van der Waals surface area contributed by atoms with Gasteiger partial charge in [-0.3, -0.25) is 4.79 Å². The minimum atomic E-state index is -0.561. The van der Waals surface area contributed by atoms with Crippen LogP contribution in [-0.2, 0) is 9.53 Å². The molecule has 0 aromatic heterocycles. The Labute approximate surface area is 173 Å². The number of rotatable bonds is 8. The Hall–Kier alpha value is -2.37. The number of ether oxygens (including phenoxy) is 2. The van der Waals surface area contributed by atoms with Crippen molar-refractivity contribution in [3.8, 4) is 5.75 Å². The van der Waals surface area contributed by atoms with E-state index in [0.717, 1.165) is 42.9 Å². The number of nitrogens with zero attached hydrogens (tertiary/aromatic N) is 2. The maximum absolute atomic E-state index is 11.5. The second kappa shape index (κ2) is 9.42. The summed E-state index contributed by atoms with van der Waals surface area (Å²) in [4.78, 5) is 16.1. The predicted octanol–water partition coefficient (Wildman–Crippen LogP) is 4.04. The van der Waals surface area contributed by atoms with Crippen molar-refractivity contribution in [3.63, 3.8) is 0 Å². The third kappa shape index (κ3) is 4.62. The van der Waals surface area contributed by atoms with Gasteiger partial charge >= 0.3 is 0 Å². The average Bonchev–Trinajstić information content (AvgIpc) is 3.38. The number of anilines is 1. The summed E-state index contributed by atoms with van der Waals surface area (Å²) in [5.74, 6) is 0.863. The molecule has 154 valence electrons. The van der Waals surface area contributed by atoms with E-state index in [1.165, 1.54) is 19.4 Å². The van der Waals surface area contributed by atoms with Gasteiger partial charge in [0.2, 0.25) is 0 Å². The van der Waals surface area contributed by atoms with Crippen LogP contribution in [0.1, 0.15) is 37.8 Å². The smallest absolute Gasteiger partial charge is 0.187 e. The van der Waals surface area contributed by atoms with Gasteiger partial charge in [-0.05, 0) is 62.6 Å². The van der Waals surface area contributed by atoms with E-state index in [1.54, 1.807) is 0 Å². The van der Waals surface area contributed by atoms with Gasteiger partial charge in [0.05, 0.1) is 19.3 Å². The molecule has 0 saturated carbocycles. The molecule has 5 heteroatoms. The Balaban J connectivity index is 1.36. The molecule has 2 aromatic rings. The van der Waals surface area contributed by atoms with Gasteiger partial charge in [0.1, 0.15) is 5.75 Å². The first kappa shape index (κ1) is 19.9. The molecule has 0 aliphatic carbocycles. The number of carbonyl (C=O) groups excluding carboxylic acids is 1. The second-order valence-corrected chi connectivity index (χ2v) is 7.92. The highest BCUT2D eigenvalue weighted by atomic mass is 16.5. The molecule has 0 radical (unpaired) electrons. The molecular weight excluding hydrogens is 364 g/mol. The van der Waals surface area contributed by atoms with Crippen LogP contribution >= 0.6 is 0 Å². The van der Waals surface area contributed by atoms with Crippen molar-refractivity contribution in [1.29, 1.82) is 0 Å². The lowest BCUT2D eigenvalue weighted by atomic mass is 10.1. The molecule has 2 fully saturated rings. The molecule has 2 heterocycles. The van der Waals surface area contributed by atoms with E-state index in [0.29, 0.717) is 12.6 Å². The van der Waals surface area contributed by atoms with E-state index in [9.17, 15) is 4.79 Å². The summed E-state index contributed by atoms with van der Waals surface area (Å²) in [5, 5.41) is 0. The molecule has 4 rings (SSSR count). The van der Waals surface area contributed by atoms with Gasteiger partial charge in [-0.1, -0.05) is 30.3 Å². The van der Waals surface area contributed by atoms with Crippen LogP contribution in [0.4, 0.5) is 5.69 Å². The number of hydrogen-bond acceptors (Lipinski definition) is 5. The van der Waals surface area contributed by atoms with Gasteiger partial charge < -0.3 is 19.3 Å². The van der Waals surface area contributed by atoms with Crippen LogP contribution in [0.3, 0.4) is 0 Å². The molecule has 0 spiro atoms. The van der Waals surface area contributed by atoms with Crippen molar-refractivity contribution in [3.05, 3.63) is 60.2 Å². The summed E-state index contributed by atoms with van der Waals surface area (Å²) < 4.78 is 11.7. The average molecular weight is 395 g/mol. The fourth-order valence-electron chi connectivity index (χ4n) is 4.39. The molecule has 0 bridgehead atoms. The second-order valence-electron chi connectivity index (χ2n) is 7.92. The molecule has 2 saturated heterocycles. The molecule has 29 heavy (non-hydrogen) atoms. The van der Waals surface area contributed by atoms with Crippen molar-refractivity contribution < 1.29 is 14.3 Å². The van der Waals surface area contributed by atoms with Crippen molar-refractivity contribution in [2.24, 2.45) is 0 Å². The van der Waals surface area contributed by atoms with Crippen LogP contribution in [-0.4, -0.2) is 49.8 Å². The summed E-state index contributed by atoms with van der Waals surface area (Å²) in [5.41, 5.74) is 2.11. The van der Waals surface area contributed by atoms with Gasteiger partial charge in [0.15, 0.2) is 12.5 Å². The van der Waals surface area contributed by atoms with Gasteiger partial charge in [-0.2, -0.15) is 0 Å². The Morgan fingerprint density at radius 2 is 1.93 bits per heavy atom. The molecule has 3 atom stereocenters. The highest BCUT2D eigenvalue weighted by molar-refractivity contribution is 5.67. The summed E-state index contributed by atoms with van der Waals surface area (Å²) >= 11 is 0. The number of benzene rings is 2. The lowest BCUT2D eigenvalue weighted by Gasteiger charge is -2.28. The first-order chi connectivity index (χ1) is 14.3. The summed E-state index contributed by atoms with van der Waals surface area (Å²) in [6.45, 7) is 5.85. The van der Waals surface area contributed by atoms with Gasteiger partial charge in [-0.25, -0.2) is 0 Å². The van der Waals surface area contributed by atoms with E-state index in [1.807, 2.05) is 47.4 Å². The highest BCUT2D eigenvalue weighted by Gasteiger charge is 2.35. The van der Waals surface area contributed by atoms with Crippen LogP contribution in [0, 0.1) is 0 Å². The van der Waals surface area contributed by atoms with E-state index in [2.05, 4.69) is 24.0 Å². The number of carbonyl (C=O) groups is 1. The Kier molecular flexibility index (Phi) is 6.47. The number of aldehydes is 1. The molecule has 2 aliphatic rings. The molecular formula is C24H30N2O3. The molecule has 0 amide bonds. The minimum absolute atomic E-state index is 0.0284. The molecule has 0 N–H and O–H groups in total. The third-order valence-corrected chi connectivity index (χ3v) is 6.02. The summed E-state index contributed by atoms with van der Waals surface area (Å²) in [7, 11) is 0. The summed E-state index contributed by atoms with van der Waals surface area (Å²) in [6.07, 6.45) is 3.97. The van der Waals surface area contributed by atoms with Crippen LogP contribution in [0.5, 0.6) is 5.75 Å². The maximum atomic E-state index is 11.5. The topological polar surface area (TPSA) is 42.0 Å². The molecule has 5 nitrogen and oxygen atoms in total. The zero-order chi connectivity index (χ0) is 20.1. The largest absolute Gasteiger partial charge is 0.494 e. The Morgan fingerprint density at radius 3 is 2.62 bits per heavy atom. The summed E-state index contributed by atoms with van der Waals surface area (Å²) in [6, 6.07) is 18.9. The SMILES string of the molecule is CC1CCCN1CCCOc1ccc(N2C(C=O)OCC2c2ccccc2)cc1. The van der Waals surface area contributed by atoms with Crippen molar-refractivity contribution in [2.45, 2.75) is 44.5 Å². The monoisotopic (exact) mass is 394 g/mol. The predicted molar refractivity (Wildman–Crippen MR) is 114 cm³/mol. The minimum Gasteiger partial charge on any atom is -0.494 e. The normalized spacial score (nSPS) is 24.7. The lowest BCUT2D eigenvalue weighted by Crippen LogP contribution is -2.33. The Bertz CT molecular complexity index is 780. The zero-order valence-electron chi connectivity index (χ0n) is 17.1. The first-order valence-electron chi connectivity index (χ1n) is 10.6. The van der Waals surface area contributed by atoms with Gasteiger partial charge in [-0.15, -0.1) is 0 Å². The van der Waals surface area contributed by atoms with Gasteiger partial charge in [0, 0.05) is 18.3 Å². The highest BCUT2D eigenvalue weighted by Crippen LogP contribution is 2.35. The third-order valence-electron chi connectivity index (χ3n) is 6.02. The van der Waals surface area contributed by atoms with E-state index < -0.39 is 6.23 Å². The van der Waals surface area contributed by atoms with Crippen LogP contribution in [0.25, 0.3) is 0 Å². The van der Waals surface area contributed by atoms with E-state index >= 15 is 0 Å².